The van der Waals surface area contributed by atoms with Gasteiger partial charge in [-0.3, -0.25) is 10.1 Å². The minimum Gasteiger partial charge on any atom is -0.322 e. The quantitative estimate of drug-likeness (QED) is 0.476. The normalized spacial score (nSPS) is 34.6. The molecule has 0 heterocycles. The van der Waals surface area contributed by atoms with E-state index in [2.05, 4.69) is 13.8 Å². The van der Waals surface area contributed by atoms with E-state index in [0.717, 1.165) is 12.8 Å². The maximum absolute atomic E-state index is 10.6. The molecule has 2 N–H and O–H groups in total. The Morgan fingerprint density at radius 3 is 2.58 bits per heavy atom. The first-order valence-corrected chi connectivity index (χ1v) is 4.31. The third-order valence-corrected chi connectivity index (χ3v) is 2.68. The standard InChI is InChI=1S/C8H16N2O2/c1-8(2)4-3-6(9)7(5-8)10(11)12/h6-7H,3-5,9H2,1-2H3. The summed E-state index contributed by atoms with van der Waals surface area (Å²) in [4.78, 5) is 10.3. The molecule has 0 radical (unpaired) electrons. The monoisotopic (exact) mass is 172 g/mol. The number of hydrogen-bond donors (Lipinski definition) is 1. The molecule has 0 spiro atoms. The Labute approximate surface area is 72.3 Å². The summed E-state index contributed by atoms with van der Waals surface area (Å²) in [7, 11) is 0. The lowest BCUT2D eigenvalue weighted by atomic mass is 9.73. The van der Waals surface area contributed by atoms with Gasteiger partial charge in [0.05, 0.1) is 6.04 Å². The van der Waals surface area contributed by atoms with Crippen LogP contribution in [0.3, 0.4) is 0 Å². The maximum atomic E-state index is 10.6. The second-order valence-corrected chi connectivity index (χ2v) is 4.42. The van der Waals surface area contributed by atoms with Gasteiger partial charge in [0, 0.05) is 11.3 Å². The maximum Gasteiger partial charge on any atom is 0.228 e. The van der Waals surface area contributed by atoms with E-state index in [0.29, 0.717) is 6.42 Å². The van der Waals surface area contributed by atoms with Gasteiger partial charge in [-0.2, -0.15) is 0 Å². The second-order valence-electron chi connectivity index (χ2n) is 4.42. The molecule has 12 heavy (non-hydrogen) atoms. The van der Waals surface area contributed by atoms with Gasteiger partial charge in [0.2, 0.25) is 6.04 Å². The molecular weight excluding hydrogens is 156 g/mol. The molecule has 0 aliphatic heterocycles. The average molecular weight is 172 g/mol. The molecule has 2 unspecified atom stereocenters. The zero-order valence-electron chi connectivity index (χ0n) is 7.62. The van der Waals surface area contributed by atoms with Crippen molar-refractivity contribution in [1.29, 1.82) is 0 Å². The Kier molecular flexibility index (Phi) is 2.37. The highest BCUT2D eigenvalue weighted by Crippen LogP contribution is 2.35. The lowest BCUT2D eigenvalue weighted by molar-refractivity contribution is -0.532. The van der Waals surface area contributed by atoms with Crippen LogP contribution < -0.4 is 5.73 Å². The van der Waals surface area contributed by atoms with Crippen molar-refractivity contribution in [3.63, 3.8) is 0 Å². The molecule has 1 fully saturated rings. The van der Waals surface area contributed by atoms with E-state index < -0.39 is 6.04 Å². The Morgan fingerprint density at radius 2 is 2.17 bits per heavy atom. The SMILES string of the molecule is CC1(C)CCC(N)C([N+](=O)[O-])C1. The van der Waals surface area contributed by atoms with Crippen molar-refractivity contribution >= 4 is 0 Å². The van der Waals surface area contributed by atoms with Crippen molar-refractivity contribution in [3.05, 3.63) is 10.1 Å². The summed E-state index contributed by atoms with van der Waals surface area (Å²) in [5.41, 5.74) is 5.75. The van der Waals surface area contributed by atoms with Gasteiger partial charge >= 0.3 is 0 Å². The van der Waals surface area contributed by atoms with Gasteiger partial charge in [0.25, 0.3) is 0 Å². The molecule has 4 nitrogen and oxygen atoms in total. The van der Waals surface area contributed by atoms with E-state index in [-0.39, 0.29) is 16.4 Å². The molecule has 1 rings (SSSR count). The summed E-state index contributed by atoms with van der Waals surface area (Å²) in [6, 6.07) is -0.776. The zero-order chi connectivity index (χ0) is 9.35. The fourth-order valence-electron chi connectivity index (χ4n) is 1.80. The summed E-state index contributed by atoms with van der Waals surface area (Å²) in [5.74, 6) is 0. The summed E-state index contributed by atoms with van der Waals surface area (Å²) >= 11 is 0. The highest BCUT2D eigenvalue weighted by molar-refractivity contribution is 4.87. The number of rotatable bonds is 1. The smallest absolute Gasteiger partial charge is 0.228 e. The molecule has 0 aromatic rings. The van der Waals surface area contributed by atoms with Crippen LogP contribution in [0.1, 0.15) is 33.1 Å². The van der Waals surface area contributed by atoms with E-state index in [1.807, 2.05) is 0 Å². The van der Waals surface area contributed by atoms with Crippen molar-refractivity contribution < 1.29 is 4.92 Å². The fraction of sp³-hybridized carbons (Fsp3) is 1.00. The topological polar surface area (TPSA) is 69.2 Å². The molecule has 0 aromatic carbocycles. The van der Waals surface area contributed by atoms with Gasteiger partial charge in [-0.05, 0) is 18.3 Å². The number of hydrogen-bond acceptors (Lipinski definition) is 3. The second kappa shape index (κ2) is 3.01. The van der Waals surface area contributed by atoms with Crippen LogP contribution in [0.4, 0.5) is 0 Å². The minimum atomic E-state index is -0.534. The van der Waals surface area contributed by atoms with Crippen LogP contribution in [0.5, 0.6) is 0 Å². The molecule has 0 bridgehead atoms. The highest BCUT2D eigenvalue weighted by Gasteiger charge is 2.39. The third-order valence-electron chi connectivity index (χ3n) is 2.68. The molecule has 1 aliphatic rings. The van der Waals surface area contributed by atoms with Crippen molar-refractivity contribution in [1.82, 2.24) is 0 Å². The number of nitrogens with two attached hydrogens (primary N) is 1. The minimum absolute atomic E-state index is 0.0909. The van der Waals surface area contributed by atoms with Crippen molar-refractivity contribution in [2.75, 3.05) is 0 Å². The van der Waals surface area contributed by atoms with Crippen LogP contribution in [0.2, 0.25) is 0 Å². The zero-order valence-corrected chi connectivity index (χ0v) is 7.62. The van der Waals surface area contributed by atoms with E-state index in [9.17, 15) is 10.1 Å². The first kappa shape index (κ1) is 9.45. The third kappa shape index (κ3) is 1.94. The van der Waals surface area contributed by atoms with Gasteiger partial charge < -0.3 is 5.73 Å². The van der Waals surface area contributed by atoms with Gasteiger partial charge in [-0.25, -0.2) is 0 Å². The molecule has 0 saturated heterocycles. The van der Waals surface area contributed by atoms with Crippen LogP contribution >= 0.6 is 0 Å². The number of nitrogens with zero attached hydrogens (tertiary/aromatic N) is 1. The Morgan fingerprint density at radius 1 is 1.58 bits per heavy atom. The van der Waals surface area contributed by atoms with Crippen molar-refractivity contribution in [2.45, 2.75) is 45.2 Å². The lowest BCUT2D eigenvalue weighted by Gasteiger charge is -2.34. The molecule has 4 heteroatoms. The molecule has 0 amide bonds. The van der Waals surface area contributed by atoms with Gasteiger partial charge in [-0.1, -0.05) is 13.8 Å². The van der Waals surface area contributed by atoms with Crippen molar-refractivity contribution in [2.24, 2.45) is 11.1 Å². The molecule has 1 aliphatic carbocycles. The Balaban J connectivity index is 2.66. The van der Waals surface area contributed by atoms with E-state index in [1.165, 1.54) is 0 Å². The van der Waals surface area contributed by atoms with Crippen LogP contribution in [0.15, 0.2) is 0 Å². The van der Waals surface area contributed by atoms with Crippen LogP contribution in [0.25, 0.3) is 0 Å². The summed E-state index contributed by atoms with van der Waals surface area (Å²) in [5, 5.41) is 10.6. The molecule has 70 valence electrons. The van der Waals surface area contributed by atoms with E-state index in [4.69, 9.17) is 5.73 Å². The van der Waals surface area contributed by atoms with Gasteiger partial charge in [-0.15, -0.1) is 0 Å². The Bertz CT molecular complexity index is 191. The predicted molar refractivity (Wildman–Crippen MR) is 46.4 cm³/mol. The van der Waals surface area contributed by atoms with Crippen LogP contribution in [-0.4, -0.2) is 17.0 Å². The number of nitro groups is 1. The van der Waals surface area contributed by atoms with Crippen LogP contribution in [-0.2, 0) is 0 Å². The van der Waals surface area contributed by atoms with Crippen LogP contribution in [0, 0.1) is 15.5 Å². The van der Waals surface area contributed by atoms with E-state index >= 15 is 0 Å². The van der Waals surface area contributed by atoms with Gasteiger partial charge in [0.15, 0.2) is 0 Å². The molecule has 2 atom stereocenters. The highest BCUT2D eigenvalue weighted by atomic mass is 16.6. The lowest BCUT2D eigenvalue weighted by Crippen LogP contribution is -2.47. The molecular formula is C8H16N2O2. The first-order valence-electron chi connectivity index (χ1n) is 4.31. The predicted octanol–water partition coefficient (Wildman–Crippen LogP) is 1.17. The summed E-state index contributed by atoms with van der Waals surface area (Å²) in [6.07, 6.45) is 2.39. The van der Waals surface area contributed by atoms with E-state index in [1.54, 1.807) is 0 Å². The first-order chi connectivity index (χ1) is 5.42. The Hall–Kier alpha value is -0.640. The van der Waals surface area contributed by atoms with Gasteiger partial charge in [0.1, 0.15) is 0 Å². The fourth-order valence-corrected chi connectivity index (χ4v) is 1.80. The van der Waals surface area contributed by atoms with Crippen molar-refractivity contribution in [3.8, 4) is 0 Å². The summed E-state index contributed by atoms with van der Waals surface area (Å²) < 4.78 is 0. The molecule has 0 aromatic heterocycles. The molecule has 1 saturated carbocycles. The average Bonchev–Trinajstić information content (AvgIpc) is 1.94. The summed E-state index contributed by atoms with van der Waals surface area (Å²) in [6.45, 7) is 4.13. The largest absolute Gasteiger partial charge is 0.322 e.